The molecular weight excluding hydrogens is 393 g/mol. The number of aromatic amines is 1. The molecule has 4 rings (SSSR count). The Labute approximate surface area is 165 Å². The lowest BCUT2D eigenvalue weighted by molar-refractivity contribution is 0.102. The molecule has 0 aliphatic heterocycles. The number of rotatable bonds is 5. The molecule has 4 N–H and O–H groups in total. The van der Waals surface area contributed by atoms with Gasteiger partial charge in [-0.1, -0.05) is 42.5 Å². The van der Waals surface area contributed by atoms with Crippen molar-refractivity contribution in [2.45, 2.75) is 6.16 Å². The molecular formula is C19H16N5O4P. The summed E-state index contributed by atoms with van der Waals surface area (Å²) < 4.78 is 11.4. The van der Waals surface area contributed by atoms with E-state index in [9.17, 15) is 19.1 Å². The molecule has 0 aliphatic rings. The van der Waals surface area contributed by atoms with E-state index in [4.69, 9.17) is 0 Å². The summed E-state index contributed by atoms with van der Waals surface area (Å²) >= 11 is 0. The van der Waals surface area contributed by atoms with Gasteiger partial charge in [0.2, 0.25) is 5.95 Å². The van der Waals surface area contributed by atoms with E-state index in [0.717, 1.165) is 11.1 Å². The van der Waals surface area contributed by atoms with Crippen molar-refractivity contribution in [1.82, 2.24) is 19.9 Å². The van der Waals surface area contributed by atoms with E-state index in [1.54, 1.807) is 18.2 Å². The molecule has 0 aliphatic carbocycles. The molecule has 0 radical (unpaired) electrons. The molecule has 0 saturated carbocycles. The second kappa shape index (κ2) is 7.56. The maximum absolute atomic E-state index is 12.7. The van der Waals surface area contributed by atoms with Gasteiger partial charge in [0, 0.05) is 5.56 Å². The molecule has 10 heteroatoms. The van der Waals surface area contributed by atoms with Crippen LogP contribution in [0.1, 0.15) is 16.1 Å². The number of carbonyl (C=O) groups excluding carboxylic acids is 1. The van der Waals surface area contributed by atoms with Crippen LogP contribution >= 0.6 is 7.60 Å². The Morgan fingerprint density at radius 3 is 2.55 bits per heavy atom. The van der Waals surface area contributed by atoms with Crippen LogP contribution in [0.2, 0.25) is 0 Å². The Balaban J connectivity index is 1.63. The fraction of sp³-hybridized carbons (Fsp3) is 0.0526. The van der Waals surface area contributed by atoms with Crippen molar-refractivity contribution in [1.29, 1.82) is 0 Å². The summed E-state index contributed by atoms with van der Waals surface area (Å²) in [5, 5.41) is 2.58. The molecule has 4 aromatic rings. The van der Waals surface area contributed by atoms with Gasteiger partial charge in [-0.25, -0.2) is 9.97 Å². The van der Waals surface area contributed by atoms with Crippen LogP contribution < -0.4 is 5.32 Å². The summed E-state index contributed by atoms with van der Waals surface area (Å²) in [5.41, 5.74) is 2.83. The Hall–Kier alpha value is -3.39. The number of amides is 1. The van der Waals surface area contributed by atoms with Crippen LogP contribution in [0.15, 0.2) is 60.9 Å². The van der Waals surface area contributed by atoms with Crippen LogP contribution in [0, 0.1) is 0 Å². The standard InChI is InChI=1S/C19H16N5O4P/c25-18(14-8-4-7-13(9-14)12-5-2-1-3-6-12)24-19-22-15(10-29(26,27)28)16-17(23-19)21-11-20-16/h1-9,11H,10H2,(H2,26,27,28)(H2,20,21,22,23,24,25). The molecule has 2 heterocycles. The maximum Gasteiger partial charge on any atom is 0.331 e. The van der Waals surface area contributed by atoms with Gasteiger partial charge in [0.15, 0.2) is 5.65 Å². The Bertz CT molecular complexity index is 1240. The summed E-state index contributed by atoms with van der Waals surface area (Å²) in [4.78, 5) is 46.3. The van der Waals surface area contributed by atoms with Crippen molar-refractivity contribution in [2.24, 2.45) is 0 Å². The fourth-order valence-electron chi connectivity index (χ4n) is 2.90. The van der Waals surface area contributed by atoms with Crippen molar-refractivity contribution in [3.8, 4) is 11.1 Å². The zero-order valence-electron chi connectivity index (χ0n) is 15.0. The second-order valence-corrected chi connectivity index (χ2v) is 7.96. The molecule has 1 amide bonds. The number of nitrogens with zero attached hydrogens (tertiary/aromatic N) is 3. The molecule has 0 bridgehead atoms. The topological polar surface area (TPSA) is 141 Å². The average Bonchev–Trinajstić information content (AvgIpc) is 3.16. The molecule has 29 heavy (non-hydrogen) atoms. The number of hydrogen-bond donors (Lipinski definition) is 4. The van der Waals surface area contributed by atoms with Crippen LogP contribution in [0.25, 0.3) is 22.3 Å². The van der Waals surface area contributed by atoms with Gasteiger partial charge in [-0.2, -0.15) is 4.98 Å². The van der Waals surface area contributed by atoms with Crippen LogP contribution in [0.4, 0.5) is 5.95 Å². The van der Waals surface area contributed by atoms with E-state index < -0.39 is 19.7 Å². The first-order valence-corrected chi connectivity index (χ1v) is 10.4. The quantitative estimate of drug-likeness (QED) is 0.371. The van der Waals surface area contributed by atoms with E-state index in [1.807, 2.05) is 36.4 Å². The monoisotopic (exact) mass is 409 g/mol. The van der Waals surface area contributed by atoms with Crippen molar-refractivity contribution >= 4 is 30.6 Å². The second-order valence-electron chi connectivity index (χ2n) is 6.32. The van der Waals surface area contributed by atoms with E-state index >= 15 is 0 Å². The zero-order chi connectivity index (χ0) is 20.4. The summed E-state index contributed by atoms with van der Waals surface area (Å²) in [5.74, 6) is -0.510. The number of benzene rings is 2. The third kappa shape index (κ3) is 4.38. The Kier molecular flexibility index (Phi) is 4.94. The SMILES string of the molecule is O=C(Nc1nc(CP(=O)(O)O)c2nc[nH]c2n1)c1cccc(-c2ccccc2)c1. The molecule has 2 aromatic carbocycles. The molecule has 146 valence electrons. The normalized spacial score (nSPS) is 11.5. The Morgan fingerprint density at radius 2 is 1.79 bits per heavy atom. The first-order valence-electron chi connectivity index (χ1n) is 8.60. The zero-order valence-corrected chi connectivity index (χ0v) is 15.9. The lowest BCUT2D eigenvalue weighted by atomic mass is 10.0. The van der Waals surface area contributed by atoms with Crippen LogP contribution in [0.5, 0.6) is 0 Å². The van der Waals surface area contributed by atoms with Gasteiger partial charge in [-0.05, 0) is 23.3 Å². The predicted molar refractivity (Wildman–Crippen MR) is 107 cm³/mol. The first-order chi connectivity index (χ1) is 13.9. The van der Waals surface area contributed by atoms with Crippen LogP contribution in [-0.4, -0.2) is 35.6 Å². The van der Waals surface area contributed by atoms with Gasteiger partial charge in [-0.15, -0.1) is 0 Å². The van der Waals surface area contributed by atoms with Crippen molar-refractivity contribution in [3.63, 3.8) is 0 Å². The molecule has 0 spiro atoms. The summed E-state index contributed by atoms with van der Waals surface area (Å²) in [6.45, 7) is 0. The molecule has 0 unspecified atom stereocenters. The number of carbonyl (C=O) groups is 1. The molecule has 0 saturated heterocycles. The highest BCUT2D eigenvalue weighted by atomic mass is 31.2. The predicted octanol–water partition coefficient (Wildman–Crippen LogP) is 2.95. The van der Waals surface area contributed by atoms with Crippen molar-refractivity contribution < 1.29 is 19.1 Å². The minimum atomic E-state index is -4.38. The lowest BCUT2D eigenvalue weighted by Gasteiger charge is -2.09. The summed E-state index contributed by atoms with van der Waals surface area (Å²) in [7, 11) is -4.38. The third-order valence-corrected chi connectivity index (χ3v) is 4.88. The number of nitrogens with one attached hydrogen (secondary N) is 2. The minimum Gasteiger partial charge on any atom is -0.329 e. The van der Waals surface area contributed by atoms with Gasteiger partial charge in [-0.3, -0.25) is 14.7 Å². The largest absolute Gasteiger partial charge is 0.331 e. The fourth-order valence-corrected chi connectivity index (χ4v) is 3.51. The third-order valence-electron chi connectivity index (χ3n) is 4.16. The number of anilines is 1. The van der Waals surface area contributed by atoms with E-state index in [1.165, 1.54) is 6.33 Å². The number of aromatic nitrogens is 4. The highest BCUT2D eigenvalue weighted by Gasteiger charge is 2.21. The van der Waals surface area contributed by atoms with Crippen LogP contribution in [0.3, 0.4) is 0 Å². The van der Waals surface area contributed by atoms with Gasteiger partial charge < -0.3 is 14.8 Å². The molecule has 0 fully saturated rings. The molecule has 2 aromatic heterocycles. The number of fused-ring (bicyclic) bond motifs is 1. The first kappa shape index (κ1) is 18.9. The number of hydrogen-bond acceptors (Lipinski definition) is 5. The molecule has 9 nitrogen and oxygen atoms in total. The molecule has 0 atom stereocenters. The highest BCUT2D eigenvalue weighted by molar-refractivity contribution is 7.50. The van der Waals surface area contributed by atoms with Gasteiger partial charge in [0.25, 0.3) is 5.91 Å². The van der Waals surface area contributed by atoms with E-state index in [2.05, 4.69) is 25.3 Å². The van der Waals surface area contributed by atoms with Crippen LogP contribution in [-0.2, 0) is 10.7 Å². The summed E-state index contributed by atoms with van der Waals surface area (Å²) in [6.07, 6.45) is 0.737. The van der Waals surface area contributed by atoms with Gasteiger partial charge >= 0.3 is 7.60 Å². The van der Waals surface area contributed by atoms with E-state index in [0.29, 0.717) is 5.56 Å². The lowest BCUT2D eigenvalue weighted by Crippen LogP contribution is -2.15. The van der Waals surface area contributed by atoms with Gasteiger partial charge in [0.1, 0.15) is 5.52 Å². The number of imidazole rings is 1. The van der Waals surface area contributed by atoms with Crippen molar-refractivity contribution in [2.75, 3.05) is 5.32 Å². The van der Waals surface area contributed by atoms with E-state index in [-0.39, 0.29) is 22.8 Å². The highest BCUT2D eigenvalue weighted by Crippen LogP contribution is 2.39. The average molecular weight is 409 g/mol. The van der Waals surface area contributed by atoms with Gasteiger partial charge in [0.05, 0.1) is 18.2 Å². The van der Waals surface area contributed by atoms with Crippen molar-refractivity contribution in [3.05, 3.63) is 72.2 Å². The maximum atomic E-state index is 12.7. The number of H-pyrrole nitrogens is 1. The summed E-state index contributed by atoms with van der Waals surface area (Å²) in [6, 6.07) is 16.7. The minimum absolute atomic E-state index is 0.0536. The smallest absolute Gasteiger partial charge is 0.329 e. The Morgan fingerprint density at radius 1 is 1.03 bits per heavy atom.